The first-order chi connectivity index (χ1) is 8.20. The minimum Gasteiger partial charge on any atom is -0.379 e. The molecule has 6 heteroatoms. The second-order valence-corrected chi connectivity index (χ2v) is 6.01. The van der Waals surface area contributed by atoms with Crippen molar-refractivity contribution in [3.63, 3.8) is 0 Å². The van der Waals surface area contributed by atoms with Crippen molar-refractivity contribution < 1.29 is 9.26 Å². The number of likely N-dealkylation sites (N-methyl/N-ethyl adjacent to an activating group) is 1. The summed E-state index contributed by atoms with van der Waals surface area (Å²) in [6.07, 6.45) is 0. The summed E-state index contributed by atoms with van der Waals surface area (Å²) in [6, 6.07) is 0.279. The van der Waals surface area contributed by atoms with Crippen LogP contribution in [0.25, 0.3) is 0 Å². The summed E-state index contributed by atoms with van der Waals surface area (Å²) < 4.78 is 10.7. The molecule has 2 unspecified atom stereocenters. The zero-order valence-electron chi connectivity index (χ0n) is 10.5. The minimum absolute atomic E-state index is 0.185. The largest absolute Gasteiger partial charge is 0.379 e. The van der Waals surface area contributed by atoms with Crippen LogP contribution in [0.5, 0.6) is 0 Å². The van der Waals surface area contributed by atoms with E-state index in [2.05, 4.69) is 29.3 Å². The highest BCUT2D eigenvalue weighted by molar-refractivity contribution is 7.99. The fourth-order valence-electron chi connectivity index (χ4n) is 1.80. The van der Waals surface area contributed by atoms with Gasteiger partial charge < -0.3 is 14.6 Å². The quantitative estimate of drug-likeness (QED) is 0.860. The zero-order valence-corrected chi connectivity index (χ0v) is 11.3. The van der Waals surface area contributed by atoms with E-state index in [1.54, 1.807) is 0 Å². The monoisotopic (exact) mass is 257 g/mol. The van der Waals surface area contributed by atoms with Gasteiger partial charge in [0.05, 0.1) is 24.9 Å². The van der Waals surface area contributed by atoms with Gasteiger partial charge in [-0.2, -0.15) is 16.7 Å². The molecule has 1 aliphatic heterocycles. The van der Waals surface area contributed by atoms with Crippen LogP contribution >= 0.6 is 11.8 Å². The molecule has 0 radical (unpaired) electrons. The van der Waals surface area contributed by atoms with E-state index in [0.29, 0.717) is 24.4 Å². The minimum atomic E-state index is 0.185. The topological polar surface area (TPSA) is 60.2 Å². The van der Waals surface area contributed by atoms with Crippen LogP contribution < -0.4 is 5.32 Å². The van der Waals surface area contributed by atoms with E-state index in [-0.39, 0.29) is 12.0 Å². The van der Waals surface area contributed by atoms with E-state index in [1.807, 2.05) is 18.8 Å². The van der Waals surface area contributed by atoms with Gasteiger partial charge in [-0.1, -0.05) is 19.0 Å². The van der Waals surface area contributed by atoms with Crippen molar-refractivity contribution >= 4 is 11.8 Å². The molecule has 0 bridgehead atoms. The molecular formula is C11H19N3O2S. The summed E-state index contributed by atoms with van der Waals surface area (Å²) in [4.78, 5) is 4.44. The van der Waals surface area contributed by atoms with E-state index >= 15 is 0 Å². The van der Waals surface area contributed by atoms with Crippen molar-refractivity contribution in [1.29, 1.82) is 0 Å². The Labute approximate surface area is 106 Å². The fraction of sp³-hybridized carbons (Fsp3) is 0.818. The molecule has 0 saturated carbocycles. The summed E-state index contributed by atoms with van der Waals surface area (Å²) in [7, 11) is 1.93. The van der Waals surface area contributed by atoms with Crippen LogP contribution in [0.3, 0.4) is 0 Å². The van der Waals surface area contributed by atoms with Gasteiger partial charge in [0.1, 0.15) is 0 Å². The molecular weight excluding hydrogens is 238 g/mol. The number of hydrogen-bond acceptors (Lipinski definition) is 6. The average Bonchev–Trinajstić information content (AvgIpc) is 2.94. The van der Waals surface area contributed by atoms with Gasteiger partial charge in [-0.3, -0.25) is 0 Å². The Hall–Kier alpha value is -0.590. The molecule has 2 atom stereocenters. The van der Waals surface area contributed by atoms with E-state index in [1.165, 1.54) is 0 Å². The van der Waals surface area contributed by atoms with Gasteiger partial charge in [0.25, 0.3) is 0 Å². The first-order valence-corrected chi connectivity index (χ1v) is 6.94. The van der Waals surface area contributed by atoms with Crippen molar-refractivity contribution in [2.75, 3.05) is 20.3 Å². The van der Waals surface area contributed by atoms with Crippen LogP contribution in [0.15, 0.2) is 4.52 Å². The molecule has 0 amide bonds. The van der Waals surface area contributed by atoms with E-state index in [9.17, 15) is 0 Å². The highest BCUT2D eigenvalue weighted by Crippen LogP contribution is 2.25. The van der Waals surface area contributed by atoms with Gasteiger partial charge in [-0.25, -0.2) is 0 Å². The summed E-state index contributed by atoms with van der Waals surface area (Å²) >= 11 is 1.81. The molecule has 2 heterocycles. The molecule has 0 spiro atoms. The van der Waals surface area contributed by atoms with Crippen LogP contribution in [0.4, 0.5) is 0 Å². The lowest BCUT2D eigenvalue weighted by atomic mass is 10.0. The lowest BCUT2D eigenvalue weighted by Crippen LogP contribution is -2.31. The van der Waals surface area contributed by atoms with Gasteiger partial charge in [0.15, 0.2) is 5.82 Å². The Morgan fingerprint density at radius 2 is 2.29 bits per heavy atom. The van der Waals surface area contributed by atoms with Crippen LogP contribution in [-0.2, 0) is 10.5 Å². The Morgan fingerprint density at radius 1 is 1.47 bits per heavy atom. The molecule has 2 rings (SSSR count). The highest BCUT2D eigenvalue weighted by atomic mass is 32.2. The zero-order chi connectivity index (χ0) is 12.3. The molecule has 1 fully saturated rings. The van der Waals surface area contributed by atoms with E-state index in [0.717, 1.165) is 11.6 Å². The van der Waals surface area contributed by atoms with Crippen molar-refractivity contribution in [2.45, 2.75) is 36.8 Å². The van der Waals surface area contributed by atoms with Gasteiger partial charge >= 0.3 is 0 Å². The second-order valence-electron chi connectivity index (χ2n) is 4.45. The maximum absolute atomic E-state index is 5.43. The number of rotatable bonds is 5. The van der Waals surface area contributed by atoms with E-state index in [4.69, 9.17) is 9.26 Å². The van der Waals surface area contributed by atoms with Gasteiger partial charge in [0, 0.05) is 6.04 Å². The first kappa shape index (κ1) is 12.9. The second kappa shape index (κ2) is 5.84. The summed E-state index contributed by atoms with van der Waals surface area (Å²) in [6.45, 7) is 5.69. The third-order valence-corrected chi connectivity index (χ3v) is 3.89. The lowest BCUT2D eigenvalue weighted by Gasteiger charge is -2.11. The molecule has 1 saturated heterocycles. The van der Waals surface area contributed by atoms with Crippen molar-refractivity contribution in [1.82, 2.24) is 15.5 Å². The average molecular weight is 257 g/mol. The third-order valence-electron chi connectivity index (χ3n) is 2.80. The Bertz CT molecular complexity index is 356. The lowest BCUT2D eigenvalue weighted by molar-refractivity contribution is 0.185. The van der Waals surface area contributed by atoms with Crippen molar-refractivity contribution in [3.05, 3.63) is 11.7 Å². The molecule has 0 aliphatic carbocycles. The third kappa shape index (κ3) is 3.20. The smallest absolute Gasteiger partial charge is 0.233 e. The van der Waals surface area contributed by atoms with Gasteiger partial charge in [0.2, 0.25) is 5.89 Å². The fourth-order valence-corrected chi connectivity index (χ4v) is 2.40. The predicted molar refractivity (Wildman–Crippen MR) is 67.1 cm³/mol. The molecule has 96 valence electrons. The Kier molecular flexibility index (Phi) is 4.42. The SMILES string of the molecule is CNC1COCC1c1nc(CSC(C)C)no1. The molecule has 1 aromatic heterocycles. The van der Waals surface area contributed by atoms with E-state index < -0.39 is 0 Å². The number of nitrogens with zero attached hydrogens (tertiary/aromatic N) is 2. The maximum atomic E-state index is 5.43. The molecule has 1 N–H and O–H groups in total. The van der Waals surface area contributed by atoms with Crippen LogP contribution in [0.2, 0.25) is 0 Å². The number of aromatic nitrogens is 2. The first-order valence-electron chi connectivity index (χ1n) is 5.89. The molecule has 0 aromatic carbocycles. The van der Waals surface area contributed by atoms with Gasteiger partial charge in [-0.05, 0) is 12.3 Å². The molecule has 5 nitrogen and oxygen atoms in total. The molecule has 17 heavy (non-hydrogen) atoms. The highest BCUT2D eigenvalue weighted by Gasteiger charge is 2.32. The van der Waals surface area contributed by atoms with Crippen molar-refractivity contribution in [2.24, 2.45) is 0 Å². The summed E-state index contributed by atoms with van der Waals surface area (Å²) in [5, 5.41) is 7.81. The predicted octanol–water partition coefficient (Wildman–Crippen LogP) is 1.41. The number of thioether (sulfide) groups is 1. The number of ether oxygens (including phenoxy) is 1. The molecule has 1 aromatic rings. The maximum Gasteiger partial charge on any atom is 0.233 e. The van der Waals surface area contributed by atoms with Crippen LogP contribution in [0.1, 0.15) is 31.5 Å². The Balaban J connectivity index is 1.97. The number of hydrogen-bond donors (Lipinski definition) is 1. The normalized spacial score (nSPS) is 24.7. The Morgan fingerprint density at radius 3 is 3.00 bits per heavy atom. The summed E-state index contributed by atoms with van der Waals surface area (Å²) in [5.41, 5.74) is 0. The standard InChI is InChI=1S/C11H19N3O2S/c1-7(2)17-6-10-13-11(16-14-10)8-4-15-5-9(8)12-3/h7-9,12H,4-6H2,1-3H3. The van der Waals surface area contributed by atoms with Crippen LogP contribution in [0, 0.1) is 0 Å². The summed E-state index contributed by atoms with van der Waals surface area (Å²) in [5.74, 6) is 2.46. The van der Waals surface area contributed by atoms with Crippen LogP contribution in [-0.4, -0.2) is 41.7 Å². The van der Waals surface area contributed by atoms with Gasteiger partial charge in [-0.15, -0.1) is 0 Å². The molecule has 1 aliphatic rings. The van der Waals surface area contributed by atoms with Crippen molar-refractivity contribution in [3.8, 4) is 0 Å². The number of nitrogens with one attached hydrogen (secondary N) is 1.